The fraction of sp³-hybridized carbons (Fsp3) is 0.815. The normalized spacial score (nSPS) is 13.2. The molecule has 0 saturated heterocycles. The van der Waals surface area contributed by atoms with E-state index in [-0.39, 0.29) is 47.6 Å². The summed E-state index contributed by atoms with van der Waals surface area (Å²) in [5.41, 5.74) is -0.632. The Bertz CT molecular complexity index is 748. The zero-order chi connectivity index (χ0) is 28.6. The zero-order valence-corrected chi connectivity index (χ0v) is 26.5. The molecule has 0 aromatic heterocycles. The van der Waals surface area contributed by atoms with E-state index in [0.29, 0.717) is 55.9 Å². The Balaban J connectivity index is 4.79. The van der Waals surface area contributed by atoms with Crippen molar-refractivity contribution in [2.45, 2.75) is 92.5 Å². The predicted octanol–water partition coefficient (Wildman–Crippen LogP) is 4.74. The maximum Gasteiger partial charge on any atom is 0.310 e. The minimum Gasteiger partial charge on any atom is -0.465 e. The van der Waals surface area contributed by atoms with Gasteiger partial charge in [0, 0.05) is 48.3 Å². The van der Waals surface area contributed by atoms with E-state index >= 15 is 0 Å². The van der Waals surface area contributed by atoms with Gasteiger partial charge in [-0.05, 0) is 38.0 Å². The minimum absolute atomic E-state index is 0.00819. The second kappa shape index (κ2) is 18.9. The highest BCUT2D eigenvalue weighted by Gasteiger charge is 2.33. The molecule has 2 atom stereocenters. The van der Waals surface area contributed by atoms with Crippen LogP contribution < -0.4 is 10.6 Å². The van der Waals surface area contributed by atoms with Gasteiger partial charge in [-0.1, -0.05) is 66.5 Å². The molecule has 2 N–H and O–H groups in total. The standard InChI is InChI=1S/C27H46Br2N2O6/c1-18(2)22(15-21(33)11-8-7-9-14-37-26(36)20(16-28)17-29)25(35)31-23(24(34)27(4,5)6)12-10-13-30-19(3)32/h18,20,22-23H,7-17H2,1-6H3,(H,30,32)(H,31,35)/t22-,23-/m0/s1. The van der Waals surface area contributed by atoms with Crippen molar-refractivity contribution in [1.82, 2.24) is 10.6 Å². The van der Waals surface area contributed by atoms with Crippen molar-refractivity contribution >= 4 is 61.2 Å². The quantitative estimate of drug-likeness (QED) is 0.118. The Hall–Kier alpha value is -1.29. The number of carbonyl (C=O) groups is 5. The molecule has 0 fully saturated rings. The molecular formula is C27H46Br2N2O6. The van der Waals surface area contributed by atoms with Gasteiger partial charge in [-0.3, -0.25) is 24.0 Å². The third kappa shape index (κ3) is 15.7. The Labute approximate surface area is 239 Å². The minimum atomic E-state index is -0.672. The van der Waals surface area contributed by atoms with Crippen molar-refractivity contribution in [2.24, 2.45) is 23.2 Å². The van der Waals surface area contributed by atoms with Crippen molar-refractivity contribution < 1.29 is 28.7 Å². The zero-order valence-electron chi connectivity index (χ0n) is 23.3. The van der Waals surface area contributed by atoms with Gasteiger partial charge in [0.15, 0.2) is 5.78 Å². The van der Waals surface area contributed by atoms with E-state index in [1.54, 1.807) is 0 Å². The number of nitrogens with one attached hydrogen (secondary N) is 2. The van der Waals surface area contributed by atoms with Crippen molar-refractivity contribution in [2.75, 3.05) is 23.8 Å². The predicted molar refractivity (Wildman–Crippen MR) is 153 cm³/mol. The molecule has 0 unspecified atom stereocenters. The first-order chi connectivity index (χ1) is 17.2. The molecule has 0 aromatic rings. The van der Waals surface area contributed by atoms with Crippen LogP contribution in [0.1, 0.15) is 86.5 Å². The van der Waals surface area contributed by atoms with Crippen LogP contribution in [0.15, 0.2) is 0 Å². The molecule has 37 heavy (non-hydrogen) atoms. The number of unbranched alkanes of at least 4 members (excludes halogenated alkanes) is 2. The Morgan fingerprint density at radius 1 is 0.919 bits per heavy atom. The number of halogens is 2. The number of Topliss-reactive ketones (excluding diaryl/α,β-unsaturated/α-hetero) is 2. The average molecular weight is 654 g/mol. The van der Waals surface area contributed by atoms with E-state index in [0.717, 1.165) is 6.42 Å². The fourth-order valence-electron chi connectivity index (χ4n) is 3.68. The smallest absolute Gasteiger partial charge is 0.310 e. The highest BCUT2D eigenvalue weighted by Crippen LogP contribution is 2.22. The fourth-order valence-corrected chi connectivity index (χ4v) is 5.28. The number of amides is 2. The highest BCUT2D eigenvalue weighted by atomic mass is 79.9. The van der Waals surface area contributed by atoms with E-state index in [4.69, 9.17) is 4.74 Å². The van der Waals surface area contributed by atoms with Crippen LogP contribution >= 0.6 is 31.9 Å². The molecule has 0 aliphatic rings. The molecule has 10 heteroatoms. The van der Waals surface area contributed by atoms with Crippen LogP contribution in [0.4, 0.5) is 0 Å². The largest absolute Gasteiger partial charge is 0.465 e. The number of carbonyl (C=O) groups excluding carboxylic acids is 5. The summed E-state index contributed by atoms with van der Waals surface area (Å²) >= 11 is 6.57. The van der Waals surface area contributed by atoms with Gasteiger partial charge >= 0.3 is 5.97 Å². The van der Waals surface area contributed by atoms with E-state index < -0.39 is 17.4 Å². The molecule has 2 amide bonds. The number of ether oxygens (including phenoxy) is 1. The SMILES string of the molecule is CC(=O)NCCC[C@H](NC(=O)[C@@H](CC(=O)CCCCCOC(=O)C(CBr)CBr)C(C)C)C(=O)C(C)(C)C. The van der Waals surface area contributed by atoms with Crippen molar-refractivity contribution in [3.05, 3.63) is 0 Å². The first kappa shape index (κ1) is 35.7. The van der Waals surface area contributed by atoms with E-state index in [2.05, 4.69) is 42.5 Å². The number of hydrogen-bond acceptors (Lipinski definition) is 6. The molecular weight excluding hydrogens is 608 g/mol. The number of rotatable bonds is 19. The molecule has 0 aromatic carbocycles. The topological polar surface area (TPSA) is 119 Å². The van der Waals surface area contributed by atoms with E-state index in [1.807, 2.05) is 34.6 Å². The summed E-state index contributed by atoms with van der Waals surface area (Å²) in [5.74, 6) is -1.53. The Morgan fingerprint density at radius 2 is 1.54 bits per heavy atom. The van der Waals surface area contributed by atoms with Crippen LogP contribution in [0.5, 0.6) is 0 Å². The van der Waals surface area contributed by atoms with Gasteiger partial charge in [0.25, 0.3) is 0 Å². The first-order valence-electron chi connectivity index (χ1n) is 13.1. The third-order valence-corrected chi connectivity index (χ3v) is 7.62. The summed E-state index contributed by atoms with van der Waals surface area (Å²) in [5, 5.41) is 6.69. The van der Waals surface area contributed by atoms with Gasteiger partial charge in [-0.25, -0.2) is 0 Å². The number of esters is 1. The van der Waals surface area contributed by atoms with Crippen LogP contribution in [0.2, 0.25) is 0 Å². The van der Waals surface area contributed by atoms with Crippen LogP contribution in [0.25, 0.3) is 0 Å². The summed E-state index contributed by atoms with van der Waals surface area (Å²) in [7, 11) is 0. The van der Waals surface area contributed by atoms with Gasteiger partial charge in [-0.2, -0.15) is 0 Å². The summed E-state index contributed by atoms with van der Waals surface area (Å²) in [4.78, 5) is 61.7. The van der Waals surface area contributed by atoms with Crippen molar-refractivity contribution in [1.29, 1.82) is 0 Å². The molecule has 0 saturated carbocycles. The van der Waals surface area contributed by atoms with Crippen LogP contribution in [0, 0.1) is 23.2 Å². The first-order valence-corrected chi connectivity index (χ1v) is 15.4. The maximum atomic E-state index is 13.1. The third-order valence-electron chi connectivity index (χ3n) is 6.05. The number of hydrogen-bond donors (Lipinski definition) is 2. The summed E-state index contributed by atoms with van der Waals surface area (Å²) < 4.78 is 5.26. The molecule has 0 heterocycles. The highest BCUT2D eigenvalue weighted by molar-refractivity contribution is 9.09. The lowest BCUT2D eigenvalue weighted by atomic mass is 9.83. The lowest BCUT2D eigenvalue weighted by Gasteiger charge is -2.28. The van der Waals surface area contributed by atoms with E-state index in [9.17, 15) is 24.0 Å². The Kier molecular flexibility index (Phi) is 18.2. The monoisotopic (exact) mass is 652 g/mol. The van der Waals surface area contributed by atoms with Crippen LogP contribution in [-0.4, -0.2) is 59.2 Å². The lowest BCUT2D eigenvalue weighted by Crippen LogP contribution is -2.48. The molecule has 214 valence electrons. The van der Waals surface area contributed by atoms with Gasteiger partial charge in [0.05, 0.1) is 18.6 Å². The molecule has 0 aliphatic heterocycles. The van der Waals surface area contributed by atoms with Crippen LogP contribution in [-0.2, 0) is 28.7 Å². The van der Waals surface area contributed by atoms with Crippen molar-refractivity contribution in [3.8, 4) is 0 Å². The van der Waals surface area contributed by atoms with Gasteiger partial charge in [-0.15, -0.1) is 0 Å². The van der Waals surface area contributed by atoms with E-state index in [1.165, 1.54) is 6.92 Å². The van der Waals surface area contributed by atoms with Crippen LogP contribution in [0.3, 0.4) is 0 Å². The molecule has 0 rings (SSSR count). The molecule has 0 radical (unpaired) electrons. The number of ketones is 2. The van der Waals surface area contributed by atoms with Gasteiger partial charge in [0.2, 0.25) is 11.8 Å². The summed E-state index contributed by atoms with van der Waals surface area (Å²) in [6, 6.07) is -0.672. The number of alkyl halides is 2. The second-order valence-corrected chi connectivity index (χ2v) is 12.2. The molecule has 0 aliphatic carbocycles. The van der Waals surface area contributed by atoms with Gasteiger partial charge < -0.3 is 15.4 Å². The lowest BCUT2D eigenvalue weighted by molar-refractivity contribution is -0.147. The van der Waals surface area contributed by atoms with Gasteiger partial charge in [0.1, 0.15) is 5.78 Å². The van der Waals surface area contributed by atoms with Crippen molar-refractivity contribution in [3.63, 3.8) is 0 Å². The molecule has 0 bridgehead atoms. The second-order valence-electron chi connectivity index (χ2n) is 10.9. The average Bonchev–Trinajstić information content (AvgIpc) is 2.80. The molecule has 8 nitrogen and oxygen atoms in total. The maximum absolute atomic E-state index is 13.1. The summed E-state index contributed by atoms with van der Waals surface area (Å²) in [6.45, 7) is 11.4. The summed E-state index contributed by atoms with van der Waals surface area (Å²) in [6.07, 6.45) is 3.55. The Morgan fingerprint density at radius 3 is 2.05 bits per heavy atom. The molecule has 0 spiro atoms.